The average molecular weight is 523 g/mol. The number of aryl methyl sites for hydroxylation is 1. The molecule has 0 radical (unpaired) electrons. The maximum absolute atomic E-state index is 14.5. The maximum atomic E-state index is 14.5. The van der Waals surface area contributed by atoms with Crippen LogP contribution in [0.4, 0.5) is 4.39 Å². The number of rotatable bonds is 7. The fourth-order valence-electron chi connectivity index (χ4n) is 4.78. The largest absolute Gasteiger partial charge is 0.458 e. The molecular formula is C27H27FN4O6. The summed E-state index contributed by atoms with van der Waals surface area (Å²) in [7, 11) is 1.38. The first-order valence-electron chi connectivity index (χ1n) is 12.2. The predicted octanol–water partition coefficient (Wildman–Crippen LogP) is 2.74. The van der Waals surface area contributed by atoms with Crippen molar-refractivity contribution in [3.63, 3.8) is 0 Å². The molecule has 0 spiro atoms. The maximum Gasteiger partial charge on any atom is 0.340 e. The minimum absolute atomic E-state index is 0.0279. The monoisotopic (exact) mass is 522 g/mol. The van der Waals surface area contributed by atoms with E-state index in [-0.39, 0.29) is 37.1 Å². The van der Waals surface area contributed by atoms with Crippen LogP contribution in [0.5, 0.6) is 0 Å². The van der Waals surface area contributed by atoms with Crippen LogP contribution in [0.15, 0.2) is 28.1 Å². The molecule has 4 heterocycles. The number of carbonyl (C=O) groups is 2. The Balaban J connectivity index is 1.59. The zero-order valence-corrected chi connectivity index (χ0v) is 21.5. The van der Waals surface area contributed by atoms with E-state index in [0.29, 0.717) is 51.1 Å². The van der Waals surface area contributed by atoms with Gasteiger partial charge < -0.3 is 24.2 Å². The summed E-state index contributed by atoms with van der Waals surface area (Å²) < 4.78 is 26.6. The summed E-state index contributed by atoms with van der Waals surface area (Å²) >= 11 is 0. The highest BCUT2D eigenvalue weighted by Crippen LogP contribution is 2.38. The number of pyridine rings is 2. The van der Waals surface area contributed by atoms with Gasteiger partial charge in [0, 0.05) is 54.6 Å². The van der Waals surface area contributed by atoms with Gasteiger partial charge in [0.15, 0.2) is 6.10 Å². The molecule has 2 atom stereocenters. The Kier molecular flexibility index (Phi) is 6.70. The summed E-state index contributed by atoms with van der Waals surface area (Å²) in [6.45, 7) is 5.83. The number of nitrogens with one attached hydrogen (secondary N) is 1. The number of hydrogen-bond donors (Lipinski definition) is 1. The summed E-state index contributed by atoms with van der Waals surface area (Å²) in [5.41, 5.74) is 3.71. The Hall–Kier alpha value is -4.12. The van der Waals surface area contributed by atoms with Crippen molar-refractivity contribution in [1.82, 2.24) is 14.9 Å². The van der Waals surface area contributed by atoms with Crippen molar-refractivity contribution in [2.24, 2.45) is 11.1 Å². The first kappa shape index (κ1) is 25.5. The first-order chi connectivity index (χ1) is 18.2. The molecular weight excluding hydrogens is 495 g/mol. The van der Waals surface area contributed by atoms with Gasteiger partial charge in [-0.05, 0) is 24.6 Å². The number of aromatic nitrogens is 2. The summed E-state index contributed by atoms with van der Waals surface area (Å²) in [6.07, 6.45) is 0.531. The van der Waals surface area contributed by atoms with Gasteiger partial charge in [0.25, 0.3) is 5.56 Å². The van der Waals surface area contributed by atoms with Crippen LogP contribution in [0.25, 0.3) is 22.3 Å². The number of halogens is 1. The molecule has 3 aromatic rings. The van der Waals surface area contributed by atoms with Crippen molar-refractivity contribution >= 4 is 29.0 Å². The Bertz CT molecular complexity index is 1560. The third-order valence-electron chi connectivity index (χ3n) is 6.81. The zero-order chi connectivity index (χ0) is 27.1. The number of nitrogens with zero attached hydrogens (tertiary/aromatic N) is 3. The SMILES string of the molecule is COC1C(=O)OCc2c1cc1n(c2=O)Cc2c-1nc1cc(F)c(C)cc1c2/C=N/OCC(C)CNC(C)=O. The summed E-state index contributed by atoms with van der Waals surface area (Å²) in [4.78, 5) is 47.0. The Morgan fingerprint density at radius 3 is 2.87 bits per heavy atom. The molecule has 38 heavy (non-hydrogen) atoms. The smallest absolute Gasteiger partial charge is 0.340 e. The molecule has 0 bridgehead atoms. The molecule has 1 aromatic carbocycles. The lowest BCUT2D eigenvalue weighted by molar-refractivity contribution is -0.159. The number of cyclic esters (lactones) is 1. The van der Waals surface area contributed by atoms with Crippen molar-refractivity contribution in [3.05, 3.63) is 62.2 Å². The van der Waals surface area contributed by atoms with E-state index in [1.807, 2.05) is 6.92 Å². The molecule has 2 aliphatic heterocycles. The Morgan fingerprint density at radius 1 is 1.34 bits per heavy atom. The highest BCUT2D eigenvalue weighted by molar-refractivity contribution is 6.02. The van der Waals surface area contributed by atoms with E-state index in [1.165, 1.54) is 20.1 Å². The third-order valence-corrected chi connectivity index (χ3v) is 6.81. The van der Waals surface area contributed by atoms with Crippen LogP contribution in [0.1, 0.15) is 47.8 Å². The van der Waals surface area contributed by atoms with E-state index in [2.05, 4.69) is 10.5 Å². The predicted molar refractivity (Wildman–Crippen MR) is 136 cm³/mol. The molecule has 0 aliphatic carbocycles. The van der Waals surface area contributed by atoms with E-state index in [9.17, 15) is 18.8 Å². The molecule has 1 amide bonds. The summed E-state index contributed by atoms with van der Waals surface area (Å²) in [5, 5.41) is 7.56. The van der Waals surface area contributed by atoms with Crippen LogP contribution in [0.2, 0.25) is 0 Å². The number of amides is 1. The second-order valence-corrected chi connectivity index (χ2v) is 9.62. The van der Waals surface area contributed by atoms with Crippen LogP contribution in [-0.4, -0.2) is 47.9 Å². The van der Waals surface area contributed by atoms with E-state index >= 15 is 0 Å². The van der Waals surface area contributed by atoms with Gasteiger partial charge in [0.2, 0.25) is 5.91 Å². The van der Waals surface area contributed by atoms with Gasteiger partial charge in [0.1, 0.15) is 19.0 Å². The van der Waals surface area contributed by atoms with Gasteiger partial charge >= 0.3 is 5.97 Å². The zero-order valence-electron chi connectivity index (χ0n) is 21.5. The number of benzene rings is 1. The highest BCUT2D eigenvalue weighted by Gasteiger charge is 2.35. The van der Waals surface area contributed by atoms with E-state index in [1.54, 1.807) is 29.8 Å². The fourth-order valence-corrected chi connectivity index (χ4v) is 4.78. The highest BCUT2D eigenvalue weighted by atomic mass is 19.1. The van der Waals surface area contributed by atoms with Gasteiger partial charge in [-0.15, -0.1) is 0 Å². The van der Waals surface area contributed by atoms with E-state index < -0.39 is 17.9 Å². The van der Waals surface area contributed by atoms with Crippen LogP contribution in [-0.2, 0) is 37.1 Å². The molecule has 11 heteroatoms. The van der Waals surface area contributed by atoms with Crippen LogP contribution < -0.4 is 10.9 Å². The average Bonchev–Trinajstić information content (AvgIpc) is 3.24. The molecule has 198 valence electrons. The van der Waals surface area contributed by atoms with Gasteiger partial charge in [-0.1, -0.05) is 12.1 Å². The molecule has 10 nitrogen and oxygen atoms in total. The fraction of sp³-hybridized carbons (Fsp3) is 0.370. The normalized spacial score (nSPS) is 16.7. The number of methoxy groups -OCH3 is 1. The number of oxime groups is 1. The second-order valence-electron chi connectivity index (χ2n) is 9.62. The van der Waals surface area contributed by atoms with Gasteiger partial charge in [-0.2, -0.15) is 0 Å². The van der Waals surface area contributed by atoms with Crippen LogP contribution in [0, 0.1) is 18.7 Å². The number of esters is 1. The Morgan fingerprint density at radius 2 is 2.13 bits per heavy atom. The molecule has 2 aliphatic rings. The van der Waals surface area contributed by atoms with Crippen LogP contribution >= 0.6 is 0 Å². The number of ether oxygens (including phenoxy) is 2. The topological polar surface area (TPSA) is 121 Å². The van der Waals surface area contributed by atoms with E-state index in [4.69, 9.17) is 19.3 Å². The number of carbonyl (C=O) groups excluding carboxylic acids is 2. The molecule has 5 rings (SSSR count). The summed E-state index contributed by atoms with van der Waals surface area (Å²) in [6, 6.07) is 4.78. The standard InChI is InChI=1S/C27H27FN4O6/c1-13(8-29-15(3)33)11-38-30-9-18-16-5-14(2)21(28)7-22(16)31-24-19(18)10-32-23(24)6-17-20(26(32)34)12-37-27(35)25(17)36-4/h5-7,9,13,25H,8,10-12H2,1-4H3,(H,29,33)/b30-9+. The molecule has 0 saturated heterocycles. The Labute approximate surface area is 217 Å². The van der Waals surface area contributed by atoms with Crippen molar-refractivity contribution in [2.75, 3.05) is 20.3 Å². The van der Waals surface area contributed by atoms with Crippen molar-refractivity contribution in [3.8, 4) is 11.4 Å². The molecule has 0 fully saturated rings. The quantitative estimate of drug-likeness (QED) is 0.225. The number of fused-ring (bicyclic) bond motifs is 5. The van der Waals surface area contributed by atoms with Crippen LogP contribution in [0.3, 0.4) is 0 Å². The molecule has 1 N–H and O–H groups in total. The van der Waals surface area contributed by atoms with Gasteiger partial charge in [0.05, 0.1) is 35.2 Å². The number of hydrogen-bond acceptors (Lipinski definition) is 8. The lowest BCUT2D eigenvalue weighted by Gasteiger charge is -2.24. The van der Waals surface area contributed by atoms with Crippen molar-refractivity contribution in [2.45, 2.75) is 40.0 Å². The molecule has 0 saturated carbocycles. The van der Waals surface area contributed by atoms with Crippen molar-refractivity contribution < 1.29 is 28.3 Å². The third kappa shape index (κ3) is 4.43. The van der Waals surface area contributed by atoms with Gasteiger partial charge in [-0.25, -0.2) is 14.2 Å². The first-order valence-corrected chi connectivity index (χ1v) is 12.2. The molecule has 2 unspecified atom stereocenters. The molecule has 2 aromatic heterocycles. The lowest BCUT2D eigenvalue weighted by atomic mass is 9.98. The lowest BCUT2D eigenvalue weighted by Crippen LogP contribution is -2.33. The summed E-state index contributed by atoms with van der Waals surface area (Å²) in [5.74, 6) is -1.06. The van der Waals surface area contributed by atoms with Crippen molar-refractivity contribution in [1.29, 1.82) is 0 Å². The van der Waals surface area contributed by atoms with Gasteiger partial charge in [-0.3, -0.25) is 9.59 Å². The van der Waals surface area contributed by atoms with E-state index in [0.717, 1.165) is 5.56 Å². The minimum atomic E-state index is -1.02. The minimum Gasteiger partial charge on any atom is -0.458 e. The second kappa shape index (κ2) is 9.97.